The van der Waals surface area contributed by atoms with E-state index in [0.717, 1.165) is 18.6 Å². The van der Waals surface area contributed by atoms with Crippen LogP contribution in [0.15, 0.2) is 42.5 Å². The molecule has 0 spiro atoms. The monoisotopic (exact) mass is 387 g/mol. The quantitative estimate of drug-likeness (QED) is 0.675. The molecule has 0 saturated carbocycles. The summed E-state index contributed by atoms with van der Waals surface area (Å²) in [5.41, 5.74) is 2.75. The van der Waals surface area contributed by atoms with Gasteiger partial charge >= 0.3 is 0 Å². The average Bonchev–Trinajstić information content (AvgIpc) is 2.70. The first-order chi connectivity index (χ1) is 13.2. The SMILES string of the molecule is CC[C@@H](Oc1ccc2c(c1)CCCC2)C(=O)NCCOc1ccccc1Cl. The van der Waals surface area contributed by atoms with Crippen LogP contribution < -0.4 is 14.8 Å². The highest BCUT2D eigenvalue weighted by Gasteiger charge is 2.19. The summed E-state index contributed by atoms with van der Waals surface area (Å²) in [6.07, 6.45) is 4.80. The molecule has 27 heavy (non-hydrogen) atoms. The Labute approximate surface area is 165 Å². The minimum Gasteiger partial charge on any atom is -0.490 e. The van der Waals surface area contributed by atoms with Crippen LogP contribution in [0.5, 0.6) is 11.5 Å². The standard InChI is InChI=1S/C22H26ClNO3/c1-2-20(27-18-12-11-16-7-3-4-8-17(16)15-18)22(25)24-13-14-26-21-10-6-5-9-19(21)23/h5-6,9-12,15,20H,2-4,7-8,13-14H2,1H3,(H,24,25)/t20-/m1/s1. The van der Waals surface area contributed by atoms with Crippen LogP contribution in [0.1, 0.15) is 37.3 Å². The van der Waals surface area contributed by atoms with E-state index in [-0.39, 0.29) is 5.91 Å². The van der Waals surface area contributed by atoms with Crippen LogP contribution in [0, 0.1) is 0 Å². The van der Waals surface area contributed by atoms with Gasteiger partial charge in [0, 0.05) is 0 Å². The third kappa shape index (κ3) is 5.39. The number of aryl methyl sites for hydroxylation is 2. The van der Waals surface area contributed by atoms with Gasteiger partial charge in [0.25, 0.3) is 5.91 Å². The number of nitrogens with one attached hydrogen (secondary N) is 1. The van der Waals surface area contributed by atoms with Gasteiger partial charge in [-0.25, -0.2) is 0 Å². The molecule has 0 aromatic heterocycles. The molecular formula is C22H26ClNO3. The minimum atomic E-state index is -0.507. The molecule has 1 amide bonds. The van der Waals surface area contributed by atoms with Crippen molar-refractivity contribution in [2.24, 2.45) is 0 Å². The van der Waals surface area contributed by atoms with E-state index in [1.54, 1.807) is 12.1 Å². The molecule has 3 rings (SSSR count). The second kappa shape index (κ2) is 9.65. The summed E-state index contributed by atoms with van der Waals surface area (Å²) in [5, 5.41) is 3.44. The molecule has 4 nitrogen and oxygen atoms in total. The average molecular weight is 388 g/mol. The summed E-state index contributed by atoms with van der Waals surface area (Å²) in [6, 6.07) is 13.5. The molecule has 2 aromatic rings. The maximum atomic E-state index is 12.4. The lowest BCUT2D eigenvalue weighted by molar-refractivity contribution is -0.128. The van der Waals surface area contributed by atoms with Crippen LogP contribution in [-0.2, 0) is 17.6 Å². The highest BCUT2D eigenvalue weighted by atomic mass is 35.5. The Morgan fingerprint density at radius 2 is 1.93 bits per heavy atom. The lowest BCUT2D eigenvalue weighted by Crippen LogP contribution is -2.39. The van der Waals surface area contributed by atoms with Crippen molar-refractivity contribution in [2.45, 2.75) is 45.1 Å². The van der Waals surface area contributed by atoms with Crippen LogP contribution >= 0.6 is 11.6 Å². The van der Waals surface area contributed by atoms with Gasteiger partial charge in [0.15, 0.2) is 6.10 Å². The second-order valence-corrected chi connectivity index (χ2v) is 7.13. The largest absolute Gasteiger partial charge is 0.490 e. The highest BCUT2D eigenvalue weighted by Crippen LogP contribution is 2.26. The molecule has 0 heterocycles. The van der Waals surface area contributed by atoms with Crippen molar-refractivity contribution in [3.63, 3.8) is 0 Å². The zero-order valence-corrected chi connectivity index (χ0v) is 16.4. The molecule has 1 atom stereocenters. The number of fused-ring (bicyclic) bond motifs is 1. The summed E-state index contributed by atoms with van der Waals surface area (Å²) in [6.45, 7) is 2.70. The van der Waals surface area contributed by atoms with E-state index in [2.05, 4.69) is 17.4 Å². The Bertz CT molecular complexity index is 778. The number of hydrogen-bond acceptors (Lipinski definition) is 3. The maximum Gasteiger partial charge on any atom is 0.261 e. The third-order valence-corrected chi connectivity index (χ3v) is 5.07. The molecule has 5 heteroatoms. The van der Waals surface area contributed by atoms with E-state index in [4.69, 9.17) is 21.1 Å². The van der Waals surface area contributed by atoms with E-state index in [1.807, 2.05) is 25.1 Å². The zero-order chi connectivity index (χ0) is 19.1. The molecule has 0 bridgehead atoms. The van der Waals surface area contributed by atoms with E-state index >= 15 is 0 Å². The van der Waals surface area contributed by atoms with Crippen molar-refractivity contribution >= 4 is 17.5 Å². The summed E-state index contributed by atoms with van der Waals surface area (Å²) in [7, 11) is 0. The molecule has 144 valence electrons. The minimum absolute atomic E-state index is 0.127. The van der Waals surface area contributed by atoms with Crippen LogP contribution in [0.3, 0.4) is 0 Å². The lowest BCUT2D eigenvalue weighted by Gasteiger charge is -2.20. The second-order valence-electron chi connectivity index (χ2n) is 6.72. The summed E-state index contributed by atoms with van der Waals surface area (Å²) < 4.78 is 11.5. The molecule has 1 aliphatic rings. The van der Waals surface area contributed by atoms with Crippen molar-refractivity contribution in [1.29, 1.82) is 0 Å². The van der Waals surface area contributed by atoms with Gasteiger partial charge in [0.1, 0.15) is 18.1 Å². The van der Waals surface area contributed by atoms with Crippen LogP contribution in [-0.4, -0.2) is 25.2 Å². The van der Waals surface area contributed by atoms with Gasteiger partial charge in [0.2, 0.25) is 0 Å². The highest BCUT2D eigenvalue weighted by molar-refractivity contribution is 6.32. The molecule has 1 aliphatic carbocycles. The fourth-order valence-corrected chi connectivity index (χ4v) is 3.47. The van der Waals surface area contributed by atoms with E-state index in [1.165, 1.54) is 24.0 Å². The predicted molar refractivity (Wildman–Crippen MR) is 108 cm³/mol. The van der Waals surface area contributed by atoms with Gasteiger partial charge in [-0.1, -0.05) is 36.7 Å². The molecule has 2 aromatic carbocycles. The first kappa shape index (κ1) is 19.6. The number of amides is 1. The third-order valence-electron chi connectivity index (χ3n) is 4.76. The number of ether oxygens (including phenoxy) is 2. The number of benzene rings is 2. The maximum absolute atomic E-state index is 12.4. The molecular weight excluding hydrogens is 362 g/mol. The Kier molecular flexibility index (Phi) is 6.99. The molecule has 0 unspecified atom stereocenters. The Hall–Kier alpha value is -2.20. The topological polar surface area (TPSA) is 47.6 Å². The predicted octanol–water partition coefficient (Wildman–Crippen LogP) is 4.57. The van der Waals surface area contributed by atoms with Gasteiger partial charge < -0.3 is 14.8 Å². The number of carbonyl (C=O) groups excluding carboxylic acids is 1. The van der Waals surface area contributed by atoms with Gasteiger partial charge in [-0.15, -0.1) is 0 Å². The van der Waals surface area contributed by atoms with E-state index in [0.29, 0.717) is 30.3 Å². The number of rotatable bonds is 8. The first-order valence-electron chi connectivity index (χ1n) is 9.61. The van der Waals surface area contributed by atoms with Crippen molar-refractivity contribution in [2.75, 3.05) is 13.2 Å². The van der Waals surface area contributed by atoms with Crippen molar-refractivity contribution < 1.29 is 14.3 Å². The molecule has 0 saturated heterocycles. The van der Waals surface area contributed by atoms with E-state index < -0.39 is 6.10 Å². The molecule has 0 aliphatic heterocycles. The van der Waals surface area contributed by atoms with Gasteiger partial charge in [0.05, 0.1) is 11.6 Å². The summed E-state index contributed by atoms with van der Waals surface area (Å²) >= 11 is 6.05. The van der Waals surface area contributed by atoms with Gasteiger partial charge in [-0.3, -0.25) is 4.79 Å². The van der Waals surface area contributed by atoms with Crippen LogP contribution in [0.2, 0.25) is 5.02 Å². The van der Waals surface area contributed by atoms with Crippen molar-refractivity contribution in [3.8, 4) is 11.5 Å². The smallest absolute Gasteiger partial charge is 0.261 e. The number of halogens is 1. The lowest BCUT2D eigenvalue weighted by atomic mass is 9.92. The number of para-hydroxylation sites is 1. The van der Waals surface area contributed by atoms with Crippen molar-refractivity contribution in [1.82, 2.24) is 5.32 Å². The van der Waals surface area contributed by atoms with Crippen LogP contribution in [0.4, 0.5) is 0 Å². The van der Waals surface area contributed by atoms with Crippen LogP contribution in [0.25, 0.3) is 0 Å². The van der Waals surface area contributed by atoms with Gasteiger partial charge in [-0.2, -0.15) is 0 Å². The first-order valence-corrected chi connectivity index (χ1v) is 9.98. The number of hydrogen-bond donors (Lipinski definition) is 1. The fourth-order valence-electron chi connectivity index (χ4n) is 3.28. The molecule has 0 radical (unpaired) electrons. The van der Waals surface area contributed by atoms with Gasteiger partial charge in [-0.05, 0) is 67.5 Å². The zero-order valence-electron chi connectivity index (χ0n) is 15.7. The molecule has 0 fully saturated rings. The fraction of sp³-hybridized carbons (Fsp3) is 0.409. The van der Waals surface area contributed by atoms with Crippen molar-refractivity contribution in [3.05, 3.63) is 58.6 Å². The normalized spacial score (nSPS) is 14.1. The Morgan fingerprint density at radius 3 is 2.70 bits per heavy atom. The molecule has 1 N–H and O–H groups in total. The summed E-state index contributed by atoms with van der Waals surface area (Å²) in [5.74, 6) is 1.26. The summed E-state index contributed by atoms with van der Waals surface area (Å²) in [4.78, 5) is 12.4. The Balaban J connectivity index is 1.48. The Morgan fingerprint density at radius 1 is 1.15 bits per heavy atom. The number of carbonyl (C=O) groups is 1. The van der Waals surface area contributed by atoms with E-state index in [9.17, 15) is 4.79 Å².